The molecule has 0 heterocycles. The summed E-state index contributed by atoms with van der Waals surface area (Å²) in [6.07, 6.45) is 3.70. The fourth-order valence-electron chi connectivity index (χ4n) is 1.27. The molecule has 0 fully saturated rings. The topological polar surface area (TPSA) is 18.5 Å². The first-order chi connectivity index (χ1) is 5.98. The molecule has 0 atom stereocenters. The molecule has 0 saturated carbocycles. The average molecular weight is 220 g/mol. The Labute approximate surface area is 85.6 Å². The van der Waals surface area contributed by atoms with Gasteiger partial charge in [0.05, 0.1) is 0 Å². The molecule has 0 aromatic heterocycles. The molecule has 0 radical (unpaired) electrons. The van der Waals surface area contributed by atoms with Gasteiger partial charge in [0.15, 0.2) is 9.04 Å². The Morgan fingerprint density at radius 2 is 1.77 bits per heavy atom. The molecule has 4 heteroatoms. The molecule has 0 aromatic rings. The first kappa shape index (κ1) is 13.4. The van der Waals surface area contributed by atoms with Crippen LogP contribution in [-0.2, 0) is 8.54 Å². The fourth-order valence-corrected chi connectivity index (χ4v) is 6.72. The molecule has 0 unspecified atom stereocenters. The number of hydrogen-bond donors (Lipinski definition) is 0. The van der Waals surface area contributed by atoms with Crippen LogP contribution >= 0.6 is 0 Å². The van der Waals surface area contributed by atoms with Gasteiger partial charge in [-0.15, -0.1) is 0 Å². The highest BCUT2D eigenvalue weighted by Gasteiger charge is 2.25. The zero-order valence-electron chi connectivity index (χ0n) is 9.72. The van der Waals surface area contributed by atoms with Gasteiger partial charge < -0.3 is 8.54 Å². The van der Waals surface area contributed by atoms with Crippen molar-refractivity contribution in [1.82, 2.24) is 0 Å². The van der Waals surface area contributed by atoms with Crippen molar-refractivity contribution in [3.05, 3.63) is 0 Å². The zero-order valence-corrected chi connectivity index (χ0v) is 11.9. The molecule has 0 aliphatic heterocycles. The highest BCUT2D eigenvalue weighted by Crippen LogP contribution is 2.09. The normalized spacial score (nSPS) is 12.5. The molecule has 13 heavy (non-hydrogen) atoms. The maximum absolute atomic E-state index is 5.87. The predicted octanol–water partition coefficient (Wildman–Crippen LogP) is 2.90. The maximum Gasteiger partial charge on any atom is 0.321 e. The molecular formula is C9H24O2Si2. The Morgan fingerprint density at radius 3 is 2.23 bits per heavy atom. The van der Waals surface area contributed by atoms with Crippen molar-refractivity contribution < 1.29 is 8.54 Å². The van der Waals surface area contributed by atoms with Crippen molar-refractivity contribution in [2.24, 2.45) is 0 Å². The van der Waals surface area contributed by atoms with Gasteiger partial charge in [-0.2, -0.15) is 0 Å². The van der Waals surface area contributed by atoms with E-state index in [9.17, 15) is 0 Å². The second kappa shape index (κ2) is 6.76. The first-order valence-corrected chi connectivity index (χ1v) is 10.9. The lowest BCUT2D eigenvalue weighted by molar-refractivity contribution is 0.243. The lowest BCUT2D eigenvalue weighted by Gasteiger charge is -2.25. The Hall–Kier alpha value is 0.354. The van der Waals surface area contributed by atoms with E-state index in [4.69, 9.17) is 8.54 Å². The average Bonchev–Trinajstić information content (AvgIpc) is 1.95. The highest BCUT2D eigenvalue weighted by molar-refractivity contribution is 6.72. The summed E-state index contributed by atoms with van der Waals surface area (Å²) in [4.78, 5) is 0. The van der Waals surface area contributed by atoms with Crippen molar-refractivity contribution in [2.75, 3.05) is 6.61 Å². The van der Waals surface area contributed by atoms with E-state index in [1.807, 2.05) is 0 Å². The van der Waals surface area contributed by atoms with Crippen molar-refractivity contribution in [3.8, 4) is 0 Å². The largest absolute Gasteiger partial charge is 0.439 e. The summed E-state index contributed by atoms with van der Waals surface area (Å²) >= 11 is 0. The molecule has 0 aliphatic carbocycles. The van der Waals surface area contributed by atoms with E-state index in [2.05, 4.69) is 33.1 Å². The maximum atomic E-state index is 5.87. The van der Waals surface area contributed by atoms with Crippen LogP contribution < -0.4 is 0 Å². The minimum absolute atomic E-state index is 0.883. The fraction of sp³-hybridized carbons (Fsp3) is 1.00. The zero-order chi connectivity index (χ0) is 10.3. The Morgan fingerprint density at radius 1 is 1.15 bits per heavy atom. The van der Waals surface area contributed by atoms with Crippen LogP contribution in [0.5, 0.6) is 0 Å². The van der Waals surface area contributed by atoms with Crippen molar-refractivity contribution >= 4 is 17.6 Å². The second-order valence-corrected chi connectivity index (χ2v) is 10.3. The summed E-state index contributed by atoms with van der Waals surface area (Å²) < 4.78 is 11.7. The van der Waals surface area contributed by atoms with Crippen molar-refractivity contribution in [1.29, 1.82) is 0 Å². The first-order valence-electron chi connectivity index (χ1n) is 5.29. The van der Waals surface area contributed by atoms with E-state index in [1.165, 1.54) is 19.3 Å². The van der Waals surface area contributed by atoms with Gasteiger partial charge in [-0.05, 0) is 32.6 Å². The van der Waals surface area contributed by atoms with Crippen LogP contribution in [0, 0.1) is 0 Å². The molecule has 0 saturated heterocycles. The third-order valence-corrected chi connectivity index (χ3v) is 6.77. The van der Waals surface area contributed by atoms with E-state index in [-0.39, 0.29) is 0 Å². The Kier molecular flexibility index (Phi) is 6.94. The van der Waals surface area contributed by atoms with Crippen LogP contribution in [0.3, 0.4) is 0 Å². The van der Waals surface area contributed by atoms with Crippen LogP contribution in [0.1, 0.15) is 26.2 Å². The van der Waals surface area contributed by atoms with Gasteiger partial charge in [0.2, 0.25) is 0 Å². The molecule has 0 N–H and O–H groups in total. The van der Waals surface area contributed by atoms with E-state index in [0.29, 0.717) is 0 Å². The summed E-state index contributed by atoms with van der Waals surface area (Å²) in [5.41, 5.74) is 0. The van der Waals surface area contributed by atoms with E-state index >= 15 is 0 Å². The number of hydrogen-bond acceptors (Lipinski definition) is 2. The molecular weight excluding hydrogens is 196 g/mol. The van der Waals surface area contributed by atoms with Gasteiger partial charge in [0, 0.05) is 6.61 Å². The van der Waals surface area contributed by atoms with Gasteiger partial charge in [0.25, 0.3) is 0 Å². The summed E-state index contributed by atoms with van der Waals surface area (Å²) in [5, 5.41) is 0. The van der Waals surface area contributed by atoms with Crippen LogP contribution in [0.4, 0.5) is 0 Å². The summed E-state index contributed by atoms with van der Waals surface area (Å²) in [7, 11) is -2.67. The van der Waals surface area contributed by atoms with Gasteiger partial charge >= 0.3 is 8.56 Å². The lowest BCUT2D eigenvalue weighted by atomic mass is 10.3. The third kappa shape index (κ3) is 8.68. The van der Waals surface area contributed by atoms with Crippen LogP contribution in [-0.4, -0.2) is 24.2 Å². The van der Waals surface area contributed by atoms with Crippen LogP contribution in [0.2, 0.25) is 26.2 Å². The van der Waals surface area contributed by atoms with Crippen LogP contribution in [0.25, 0.3) is 0 Å². The minimum atomic E-state index is -1.75. The Bertz CT molecular complexity index is 127. The molecule has 0 amide bonds. The van der Waals surface area contributed by atoms with Crippen LogP contribution in [0.15, 0.2) is 0 Å². The van der Waals surface area contributed by atoms with Gasteiger partial charge in [-0.1, -0.05) is 19.8 Å². The van der Waals surface area contributed by atoms with E-state index in [0.717, 1.165) is 6.61 Å². The minimum Gasteiger partial charge on any atom is -0.439 e. The van der Waals surface area contributed by atoms with Gasteiger partial charge in [0.1, 0.15) is 0 Å². The molecule has 80 valence electrons. The predicted molar refractivity (Wildman–Crippen MR) is 62.9 cm³/mol. The SMILES string of the molecule is CCCCCO[Si](C)(C)O[SiH](C)C. The van der Waals surface area contributed by atoms with Crippen molar-refractivity contribution in [2.45, 2.75) is 52.4 Å². The monoisotopic (exact) mass is 220 g/mol. The quantitative estimate of drug-likeness (QED) is 0.485. The lowest BCUT2D eigenvalue weighted by Crippen LogP contribution is -2.39. The summed E-state index contributed by atoms with van der Waals surface area (Å²) in [6, 6.07) is 0. The number of unbranched alkanes of at least 4 members (excludes halogenated alkanes) is 2. The third-order valence-electron chi connectivity index (χ3n) is 1.72. The van der Waals surface area contributed by atoms with Gasteiger partial charge in [-0.25, -0.2) is 0 Å². The second-order valence-electron chi connectivity index (χ2n) is 4.12. The highest BCUT2D eigenvalue weighted by atomic mass is 28.4. The molecule has 0 rings (SSSR count). The molecule has 2 nitrogen and oxygen atoms in total. The molecule has 0 bridgehead atoms. The molecule has 0 spiro atoms. The van der Waals surface area contributed by atoms with E-state index in [1.54, 1.807) is 0 Å². The van der Waals surface area contributed by atoms with Gasteiger partial charge in [-0.3, -0.25) is 0 Å². The molecule has 0 aromatic carbocycles. The summed E-state index contributed by atoms with van der Waals surface area (Å²) in [5.74, 6) is 0. The summed E-state index contributed by atoms with van der Waals surface area (Å²) in [6.45, 7) is 11.8. The van der Waals surface area contributed by atoms with Crippen molar-refractivity contribution in [3.63, 3.8) is 0 Å². The molecule has 0 aliphatic rings. The Balaban J connectivity index is 3.50. The number of rotatable bonds is 7. The van der Waals surface area contributed by atoms with E-state index < -0.39 is 17.6 Å². The smallest absolute Gasteiger partial charge is 0.321 e. The standard InChI is InChI=1S/C9H24O2Si2/c1-6-7-8-9-10-13(4,5)11-12(2)3/h12H,6-9H2,1-5H3.